The molecule has 1 aliphatic rings. The van der Waals surface area contributed by atoms with Crippen LogP contribution in [0, 0.1) is 6.92 Å². The summed E-state index contributed by atoms with van der Waals surface area (Å²) in [6.45, 7) is 5.42. The van der Waals surface area contributed by atoms with Gasteiger partial charge in [-0.1, -0.05) is 12.1 Å². The normalized spacial score (nSPS) is 13.9. The first-order valence-electron chi connectivity index (χ1n) is 9.63. The average Bonchev–Trinajstić information content (AvgIpc) is 3.20. The number of aromatic nitrogens is 3. The van der Waals surface area contributed by atoms with Crippen molar-refractivity contribution >= 4 is 17.5 Å². The predicted octanol–water partition coefficient (Wildman–Crippen LogP) is 2.73. The number of hydrogen-bond donors (Lipinski definition) is 2. The van der Waals surface area contributed by atoms with Crippen LogP contribution in [0.15, 0.2) is 54.9 Å². The fraction of sp³-hybridized carbons (Fsp3) is 0.286. The van der Waals surface area contributed by atoms with Gasteiger partial charge in [-0.05, 0) is 42.8 Å². The van der Waals surface area contributed by atoms with Crippen molar-refractivity contribution in [3.05, 3.63) is 66.1 Å². The van der Waals surface area contributed by atoms with E-state index in [-0.39, 0.29) is 6.03 Å². The van der Waals surface area contributed by atoms with Crippen LogP contribution in [-0.4, -0.2) is 47.1 Å². The second-order valence-corrected chi connectivity index (χ2v) is 6.85. The average molecular weight is 392 g/mol. The van der Waals surface area contributed by atoms with E-state index in [9.17, 15) is 4.79 Å². The fourth-order valence-electron chi connectivity index (χ4n) is 3.21. The van der Waals surface area contributed by atoms with Crippen LogP contribution in [0.4, 0.5) is 16.3 Å². The number of para-hydroxylation sites is 2. The number of anilines is 2. The standard InChI is InChI=1S/C21H24N6O2/c1-16-7-9-27(25-16)19-5-3-2-4-18(19)24-21(28)23-15-17-6-8-22-20(14-17)26-10-12-29-13-11-26/h2-9,14H,10-13,15H2,1H3,(H2,23,24,28). The van der Waals surface area contributed by atoms with E-state index in [0.29, 0.717) is 25.4 Å². The molecule has 4 rings (SSSR count). The zero-order valence-corrected chi connectivity index (χ0v) is 16.3. The molecule has 1 aromatic carbocycles. The molecule has 0 spiro atoms. The summed E-state index contributed by atoms with van der Waals surface area (Å²) in [6, 6.07) is 13.1. The van der Waals surface area contributed by atoms with Gasteiger partial charge in [-0.2, -0.15) is 5.10 Å². The van der Waals surface area contributed by atoms with Crippen molar-refractivity contribution in [1.82, 2.24) is 20.1 Å². The van der Waals surface area contributed by atoms with Crippen molar-refractivity contribution in [2.75, 3.05) is 36.5 Å². The molecule has 2 N–H and O–H groups in total. The molecule has 29 heavy (non-hydrogen) atoms. The maximum Gasteiger partial charge on any atom is 0.319 e. The molecule has 0 bridgehead atoms. The second kappa shape index (κ2) is 8.74. The van der Waals surface area contributed by atoms with Crippen molar-refractivity contribution in [2.24, 2.45) is 0 Å². The van der Waals surface area contributed by atoms with Crippen LogP contribution >= 0.6 is 0 Å². The van der Waals surface area contributed by atoms with E-state index >= 15 is 0 Å². The monoisotopic (exact) mass is 392 g/mol. The first-order valence-corrected chi connectivity index (χ1v) is 9.63. The summed E-state index contributed by atoms with van der Waals surface area (Å²) in [5.41, 5.74) is 3.41. The Hall–Kier alpha value is -3.39. The number of urea groups is 1. The molecule has 1 fully saturated rings. The first kappa shape index (κ1) is 18.9. The summed E-state index contributed by atoms with van der Waals surface area (Å²) in [4.78, 5) is 19.1. The van der Waals surface area contributed by atoms with Crippen molar-refractivity contribution in [3.8, 4) is 5.69 Å². The topological polar surface area (TPSA) is 84.3 Å². The van der Waals surface area contributed by atoms with Crippen molar-refractivity contribution in [2.45, 2.75) is 13.5 Å². The van der Waals surface area contributed by atoms with Crippen LogP contribution in [0.25, 0.3) is 5.69 Å². The van der Waals surface area contributed by atoms with Crippen LogP contribution in [0.2, 0.25) is 0 Å². The Balaban J connectivity index is 1.39. The Labute approximate surface area is 169 Å². The number of carbonyl (C=O) groups is 1. The highest BCUT2D eigenvalue weighted by Crippen LogP contribution is 2.19. The van der Waals surface area contributed by atoms with E-state index in [0.717, 1.165) is 35.9 Å². The van der Waals surface area contributed by atoms with Crippen LogP contribution in [0.1, 0.15) is 11.3 Å². The van der Waals surface area contributed by atoms with Gasteiger partial charge in [-0.15, -0.1) is 0 Å². The van der Waals surface area contributed by atoms with Gasteiger partial charge in [0.05, 0.1) is 30.3 Å². The Kier molecular flexibility index (Phi) is 5.71. The highest BCUT2D eigenvalue weighted by molar-refractivity contribution is 5.91. The number of amides is 2. The summed E-state index contributed by atoms with van der Waals surface area (Å²) < 4.78 is 7.14. The van der Waals surface area contributed by atoms with Gasteiger partial charge in [-0.25, -0.2) is 14.5 Å². The van der Waals surface area contributed by atoms with Crippen LogP contribution in [0.5, 0.6) is 0 Å². The molecule has 3 aromatic rings. The summed E-state index contributed by atoms with van der Waals surface area (Å²) in [5.74, 6) is 0.910. The Morgan fingerprint density at radius 2 is 2.00 bits per heavy atom. The third-order valence-corrected chi connectivity index (χ3v) is 4.72. The minimum absolute atomic E-state index is 0.272. The number of hydrogen-bond acceptors (Lipinski definition) is 5. The van der Waals surface area contributed by atoms with E-state index in [1.807, 2.05) is 55.6 Å². The quantitative estimate of drug-likeness (QED) is 0.698. The number of aryl methyl sites for hydroxylation is 1. The minimum atomic E-state index is -0.272. The summed E-state index contributed by atoms with van der Waals surface area (Å²) >= 11 is 0. The minimum Gasteiger partial charge on any atom is -0.378 e. The second-order valence-electron chi connectivity index (χ2n) is 6.85. The van der Waals surface area contributed by atoms with Gasteiger partial charge < -0.3 is 20.3 Å². The van der Waals surface area contributed by atoms with Crippen LogP contribution in [0.3, 0.4) is 0 Å². The van der Waals surface area contributed by atoms with Gasteiger partial charge >= 0.3 is 6.03 Å². The molecule has 0 aliphatic carbocycles. The lowest BCUT2D eigenvalue weighted by Gasteiger charge is -2.28. The number of morpholine rings is 1. The number of carbonyl (C=O) groups excluding carboxylic acids is 1. The molecule has 8 nitrogen and oxygen atoms in total. The number of rotatable bonds is 5. The zero-order valence-electron chi connectivity index (χ0n) is 16.3. The summed E-state index contributed by atoms with van der Waals surface area (Å²) in [6.07, 6.45) is 3.65. The summed E-state index contributed by atoms with van der Waals surface area (Å²) in [5, 5.41) is 10.2. The van der Waals surface area contributed by atoms with E-state index in [1.165, 1.54) is 0 Å². The maximum atomic E-state index is 12.5. The SMILES string of the molecule is Cc1ccn(-c2ccccc2NC(=O)NCc2ccnc(N3CCOCC3)c2)n1. The zero-order chi connectivity index (χ0) is 20.1. The molecule has 2 aromatic heterocycles. The Morgan fingerprint density at radius 3 is 2.79 bits per heavy atom. The molecule has 0 radical (unpaired) electrons. The lowest BCUT2D eigenvalue weighted by molar-refractivity contribution is 0.122. The van der Waals surface area contributed by atoms with Gasteiger partial charge in [0.2, 0.25) is 0 Å². The van der Waals surface area contributed by atoms with Gasteiger partial charge in [0.15, 0.2) is 0 Å². The lowest BCUT2D eigenvalue weighted by atomic mass is 10.2. The molecule has 1 aliphatic heterocycles. The molecule has 8 heteroatoms. The number of nitrogens with one attached hydrogen (secondary N) is 2. The molecule has 150 valence electrons. The van der Waals surface area contributed by atoms with Gasteiger partial charge in [0.1, 0.15) is 5.82 Å². The highest BCUT2D eigenvalue weighted by atomic mass is 16.5. The molecule has 3 heterocycles. The predicted molar refractivity (Wildman–Crippen MR) is 111 cm³/mol. The molecule has 0 saturated carbocycles. The van der Waals surface area contributed by atoms with Crippen molar-refractivity contribution in [1.29, 1.82) is 0 Å². The van der Waals surface area contributed by atoms with Gasteiger partial charge in [-0.3, -0.25) is 0 Å². The number of pyridine rings is 1. The number of ether oxygens (including phenoxy) is 1. The van der Waals surface area contributed by atoms with E-state index in [1.54, 1.807) is 10.9 Å². The third-order valence-electron chi connectivity index (χ3n) is 4.72. The molecule has 0 atom stereocenters. The third kappa shape index (κ3) is 4.72. The largest absolute Gasteiger partial charge is 0.378 e. The number of benzene rings is 1. The van der Waals surface area contributed by atoms with Crippen molar-refractivity contribution < 1.29 is 9.53 Å². The summed E-state index contributed by atoms with van der Waals surface area (Å²) in [7, 11) is 0. The highest BCUT2D eigenvalue weighted by Gasteiger charge is 2.13. The Morgan fingerprint density at radius 1 is 1.17 bits per heavy atom. The van der Waals surface area contributed by atoms with Crippen molar-refractivity contribution in [3.63, 3.8) is 0 Å². The van der Waals surface area contributed by atoms with Crippen LogP contribution < -0.4 is 15.5 Å². The molecular weight excluding hydrogens is 368 g/mol. The van der Waals surface area contributed by atoms with E-state index in [2.05, 4.69) is 25.6 Å². The molecule has 0 unspecified atom stereocenters. The molecular formula is C21H24N6O2. The Bertz CT molecular complexity index is 981. The van der Waals surface area contributed by atoms with E-state index in [4.69, 9.17) is 4.74 Å². The first-order chi connectivity index (χ1) is 14.2. The fourth-order valence-corrected chi connectivity index (χ4v) is 3.21. The van der Waals surface area contributed by atoms with E-state index < -0.39 is 0 Å². The number of nitrogens with zero attached hydrogens (tertiary/aromatic N) is 4. The van der Waals surface area contributed by atoms with Crippen LogP contribution in [-0.2, 0) is 11.3 Å². The smallest absolute Gasteiger partial charge is 0.319 e. The maximum absolute atomic E-state index is 12.5. The lowest BCUT2D eigenvalue weighted by Crippen LogP contribution is -2.36. The molecule has 1 saturated heterocycles. The molecule has 2 amide bonds. The van der Waals surface area contributed by atoms with Gasteiger partial charge in [0.25, 0.3) is 0 Å². The van der Waals surface area contributed by atoms with Gasteiger partial charge in [0, 0.05) is 32.0 Å².